The van der Waals surface area contributed by atoms with Crippen LogP contribution in [0, 0.1) is 5.92 Å². The van der Waals surface area contributed by atoms with Crippen LogP contribution in [-0.4, -0.2) is 32.9 Å². The Bertz CT molecular complexity index is 1030. The molecule has 2 aromatic rings. The highest BCUT2D eigenvalue weighted by Crippen LogP contribution is 2.28. The second-order valence-electron chi connectivity index (χ2n) is 7.51. The van der Waals surface area contributed by atoms with E-state index in [2.05, 4.69) is 10.0 Å². The van der Waals surface area contributed by atoms with E-state index in [4.69, 9.17) is 16.3 Å². The maximum Gasteiger partial charge on any atom is 0.341 e. The molecule has 0 bridgehead atoms. The average molecular weight is 485 g/mol. The summed E-state index contributed by atoms with van der Waals surface area (Å²) in [6.07, 6.45) is 4.78. The van der Waals surface area contributed by atoms with Crippen molar-refractivity contribution in [2.24, 2.45) is 5.92 Å². The molecule has 3 rings (SSSR count). The SMILES string of the molecule is C[C@@H](OC(=O)c1ccccc1NS(=O)(=O)c1ccc(Cl)s1)C(=O)NCC1CCCCC1. The summed E-state index contributed by atoms with van der Waals surface area (Å²) in [5, 5.41) is 2.85. The number of anilines is 1. The van der Waals surface area contributed by atoms with Gasteiger partial charge in [0.25, 0.3) is 15.9 Å². The molecule has 1 saturated carbocycles. The quantitative estimate of drug-likeness (QED) is 0.539. The summed E-state index contributed by atoms with van der Waals surface area (Å²) in [6, 6.07) is 8.94. The molecule has 1 aliphatic carbocycles. The number of amides is 1. The molecule has 1 atom stereocenters. The lowest BCUT2D eigenvalue weighted by Crippen LogP contribution is -2.38. The number of rotatable bonds is 8. The van der Waals surface area contributed by atoms with Crippen LogP contribution in [0.15, 0.2) is 40.6 Å². The third-order valence-electron chi connectivity index (χ3n) is 5.15. The van der Waals surface area contributed by atoms with E-state index in [9.17, 15) is 18.0 Å². The molecule has 1 aromatic heterocycles. The second-order valence-corrected chi connectivity index (χ2v) is 11.1. The molecule has 168 valence electrons. The van der Waals surface area contributed by atoms with Gasteiger partial charge in [-0.2, -0.15) is 0 Å². The van der Waals surface area contributed by atoms with Crippen molar-refractivity contribution in [2.45, 2.75) is 49.3 Å². The number of sulfonamides is 1. The molecule has 0 unspecified atom stereocenters. The van der Waals surface area contributed by atoms with E-state index in [1.165, 1.54) is 50.5 Å². The van der Waals surface area contributed by atoms with Gasteiger partial charge in [0, 0.05) is 6.54 Å². The summed E-state index contributed by atoms with van der Waals surface area (Å²) in [6.45, 7) is 2.06. The minimum Gasteiger partial charge on any atom is -0.449 e. The molecule has 1 heterocycles. The normalized spacial score (nSPS) is 15.8. The lowest BCUT2D eigenvalue weighted by molar-refractivity contribution is -0.129. The van der Waals surface area contributed by atoms with Crippen molar-refractivity contribution in [1.29, 1.82) is 0 Å². The van der Waals surface area contributed by atoms with Crippen LogP contribution in [0.2, 0.25) is 4.34 Å². The highest BCUT2D eigenvalue weighted by molar-refractivity contribution is 7.94. The van der Waals surface area contributed by atoms with E-state index in [0.29, 0.717) is 16.8 Å². The summed E-state index contributed by atoms with van der Waals surface area (Å²) in [7, 11) is -3.92. The number of carbonyl (C=O) groups excluding carboxylic acids is 2. The first kappa shape index (κ1) is 23.6. The first-order valence-corrected chi connectivity index (χ1v) is 12.8. The zero-order valence-corrected chi connectivity index (χ0v) is 19.5. The molecular weight excluding hydrogens is 460 g/mol. The van der Waals surface area contributed by atoms with Gasteiger partial charge < -0.3 is 10.1 Å². The van der Waals surface area contributed by atoms with E-state index in [0.717, 1.165) is 24.2 Å². The van der Waals surface area contributed by atoms with Crippen LogP contribution in [0.5, 0.6) is 0 Å². The van der Waals surface area contributed by atoms with Gasteiger partial charge >= 0.3 is 5.97 Å². The van der Waals surface area contributed by atoms with E-state index in [-0.39, 0.29) is 21.4 Å². The van der Waals surface area contributed by atoms with E-state index in [1.54, 1.807) is 12.1 Å². The Kier molecular flexibility index (Phi) is 7.96. The summed E-state index contributed by atoms with van der Waals surface area (Å²) in [5.74, 6) is -0.700. The van der Waals surface area contributed by atoms with Gasteiger partial charge in [-0.05, 0) is 49.9 Å². The third kappa shape index (κ3) is 6.44. The zero-order valence-electron chi connectivity index (χ0n) is 17.1. The van der Waals surface area contributed by atoms with E-state index < -0.39 is 22.1 Å². The molecule has 1 aromatic carbocycles. The highest BCUT2D eigenvalue weighted by Gasteiger charge is 2.24. The Labute approximate surface area is 191 Å². The van der Waals surface area contributed by atoms with Crippen LogP contribution in [-0.2, 0) is 19.6 Å². The minimum atomic E-state index is -3.92. The monoisotopic (exact) mass is 484 g/mol. The van der Waals surface area contributed by atoms with Crippen LogP contribution in [0.1, 0.15) is 49.4 Å². The number of benzene rings is 1. The van der Waals surface area contributed by atoms with Crippen molar-refractivity contribution < 1.29 is 22.7 Å². The third-order valence-corrected chi connectivity index (χ3v) is 8.24. The Morgan fingerprint density at radius 2 is 1.87 bits per heavy atom. The molecule has 1 aliphatic rings. The van der Waals surface area contributed by atoms with Crippen molar-refractivity contribution >= 4 is 50.5 Å². The average Bonchev–Trinajstić information content (AvgIpc) is 3.20. The standard InChI is InChI=1S/C21H25ClN2O5S2/c1-14(20(25)23-13-15-7-3-2-4-8-15)29-21(26)16-9-5-6-10-17(16)24-31(27,28)19-12-11-18(22)30-19/h5-6,9-12,14-15,24H,2-4,7-8,13H2,1H3,(H,23,25)/t14-/m1/s1. The lowest BCUT2D eigenvalue weighted by atomic mass is 9.89. The van der Waals surface area contributed by atoms with Crippen molar-refractivity contribution in [3.8, 4) is 0 Å². The maximum atomic E-state index is 12.7. The first-order valence-electron chi connectivity index (χ1n) is 10.1. The second kappa shape index (κ2) is 10.5. The van der Waals surface area contributed by atoms with Gasteiger partial charge in [-0.15, -0.1) is 11.3 Å². The van der Waals surface area contributed by atoms with Gasteiger partial charge in [0.15, 0.2) is 6.10 Å². The number of carbonyl (C=O) groups is 2. The molecule has 0 aliphatic heterocycles. The predicted octanol–water partition coefficient (Wildman–Crippen LogP) is 4.44. The molecule has 31 heavy (non-hydrogen) atoms. The topological polar surface area (TPSA) is 102 Å². The summed E-state index contributed by atoms with van der Waals surface area (Å²) < 4.78 is 33.2. The number of thiophene rings is 1. The highest BCUT2D eigenvalue weighted by atomic mass is 35.5. The molecule has 7 nitrogen and oxygen atoms in total. The summed E-state index contributed by atoms with van der Waals surface area (Å²) >= 11 is 6.73. The fourth-order valence-corrected chi connectivity index (χ4v) is 6.01. The Morgan fingerprint density at radius 1 is 1.16 bits per heavy atom. The zero-order chi connectivity index (χ0) is 22.4. The summed E-state index contributed by atoms with van der Waals surface area (Å²) in [5.41, 5.74) is 0.0764. The molecule has 2 N–H and O–H groups in total. The van der Waals surface area contributed by atoms with E-state index >= 15 is 0 Å². The van der Waals surface area contributed by atoms with Crippen molar-refractivity contribution in [2.75, 3.05) is 11.3 Å². The van der Waals surface area contributed by atoms with Gasteiger partial charge in [0.05, 0.1) is 15.6 Å². The van der Waals surface area contributed by atoms with Crippen LogP contribution < -0.4 is 10.0 Å². The van der Waals surface area contributed by atoms with Crippen LogP contribution in [0.25, 0.3) is 0 Å². The summed E-state index contributed by atoms with van der Waals surface area (Å²) in [4.78, 5) is 25.0. The number of hydrogen-bond donors (Lipinski definition) is 2. The van der Waals surface area contributed by atoms with Gasteiger partial charge in [-0.25, -0.2) is 13.2 Å². The molecule has 1 amide bonds. The number of nitrogens with one attached hydrogen (secondary N) is 2. The van der Waals surface area contributed by atoms with Crippen LogP contribution in [0.3, 0.4) is 0 Å². The van der Waals surface area contributed by atoms with E-state index in [1.807, 2.05) is 0 Å². The van der Waals surface area contributed by atoms with Gasteiger partial charge in [-0.3, -0.25) is 9.52 Å². The lowest BCUT2D eigenvalue weighted by Gasteiger charge is -2.22. The minimum absolute atomic E-state index is 0.0145. The van der Waals surface area contributed by atoms with Gasteiger partial charge in [0.2, 0.25) is 0 Å². The van der Waals surface area contributed by atoms with Crippen molar-refractivity contribution in [1.82, 2.24) is 5.32 Å². The number of halogens is 1. The number of ether oxygens (including phenoxy) is 1. The molecular formula is C21H25ClN2O5S2. The van der Waals surface area contributed by atoms with Gasteiger partial charge in [-0.1, -0.05) is 43.0 Å². The Hall–Kier alpha value is -2.10. The molecule has 10 heteroatoms. The molecule has 0 radical (unpaired) electrons. The van der Waals surface area contributed by atoms with Crippen molar-refractivity contribution in [3.05, 3.63) is 46.3 Å². The van der Waals surface area contributed by atoms with Crippen LogP contribution in [0.4, 0.5) is 5.69 Å². The largest absolute Gasteiger partial charge is 0.449 e. The molecule has 1 fully saturated rings. The van der Waals surface area contributed by atoms with Crippen molar-refractivity contribution in [3.63, 3.8) is 0 Å². The fourth-order valence-electron chi connectivity index (χ4n) is 3.44. The number of esters is 1. The molecule has 0 saturated heterocycles. The van der Waals surface area contributed by atoms with Crippen LogP contribution >= 0.6 is 22.9 Å². The Balaban J connectivity index is 1.63. The number of para-hydroxylation sites is 1. The smallest absolute Gasteiger partial charge is 0.341 e. The Morgan fingerprint density at radius 3 is 2.55 bits per heavy atom. The maximum absolute atomic E-state index is 12.7. The predicted molar refractivity (Wildman–Crippen MR) is 121 cm³/mol. The van der Waals surface area contributed by atoms with Gasteiger partial charge in [0.1, 0.15) is 4.21 Å². The first-order chi connectivity index (χ1) is 14.8. The number of hydrogen-bond acceptors (Lipinski definition) is 6. The fraction of sp³-hybridized carbons (Fsp3) is 0.429. The molecule has 0 spiro atoms.